The number of anilines is 1. The molecule has 19 heavy (non-hydrogen) atoms. The highest BCUT2D eigenvalue weighted by molar-refractivity contribution is 7.14. The second-order valence-electron chi connectivity index (χ2n) is 3.68. The van der Waals surface area contributed by atoms with E-state index in [-0.39, 0.29) is 22.1 Å². The minimum atomic E-state index is -0.591. The third kappa shape index (κ3) is 3.15. The molecule has 0 aliphatic rings. The summed E-state index contributed by atoms with van der Waals surface area (Å²) in [5, 5.41) is 4.24. The molecule has 0 saturated heterocycles. The predicted octanol–water partition coefficient (Wildman–Crippen LogP) is 3.39. The molecule has 0 saturated carbocycles. The van der Waals surface area contributed by atoms with E-state index in [1.807, 2.05) is 0 Å². The zero-order valence-corrected chi connectivity index (χ0v) is 11.3. The van der Waals surface area contributed by atoms with Crippen LogP contribution in [0.3, 0.4) is 0 Å². The summed E-state index contributed by atoms with van der Waals surface area (Å²) in [7, 11) is 0. The number of Topliss-reactive ketones (excluding diaryl/α,β-unsaturated/α-hetero) is 1. The van der Waals surface area contributed by atoms with Gasteiger partial charge in [-0.1, -0.05) is 11.6 Å². The van der Waals surface area contributed by atoms with E-state index in [0.29, 0.717) is 5.13 Å². The predicted molar refractivity (Wildman–Crippen MR) is 71.5 cm³/mol. The highest BCUT2D eigenvalue weighted by atomic mass is 35.5. The number of thiazole rings is 1. The van der Waals surface area contributed by atoms with Crippen molar-refractivity contribution < 1.29 is 14.0 Å². The molecule has 4 nitrogen and oxygen atoms in total. The van der Waals surface area contributed by atoms with Crippen molar-refractivity contribution in [1.29, 1.82) is 0 Å². The summed E-state index contributed by atoms with van der Waals surface area (Å²) in [6, 6.07) is 3.65. The summed E-state index contributed by atoms with van der Waals surface area (Å²) in [6.07, 6.45) is 0. The smallest absolute Gasteiger partial charge is 0.257 e. The van der Waals surface area contributed by atoms with Gasteiger partial charge < -0.3 is 0 Å². The summed E-state index contributed by atoms with van der Waals surface area (Å²) >= 11 is 6.73. The van der Waals surface area contributed by atoms with Crippen LogP contribution in [0.4, 0.5) is 9.52 Å². The van der Waals surface area contributed by atoms with Gasteiger partial charge in [0.15, 0.2) is 10.9 Å². The van der Waals surface area contributed by atoms with Gasteiger partial charge in [-0.2, -0.15) is 0 Å². The Labute approximate surface area is 117 Å². The first-order valence-corrected chi connectivity index (χ1v) is 6.46. The maximum atomic E-state index is 13.0. The third-order valence-corrected chi connectivity index (χ3v) is 3.31. The lowest BCUT2D eigenvalue weighted by molar-refractivity contribution is 0.100. The van der Waals surface area contributed by atoms with Gasteiger partial charge in [0.1, 0.15) is 11.5 Å². The quantitative estimate of drug-likeness (QED) is 0.884. The molecule has 0 fully saturated rings. The molecule has 1 heterocycles. The fourth-order valence-corrected chi connectivity index (χ4v) is 2.22. The number of aromatic nitrogens is 1. The number of rotatable bonds is 3. The average molecular weight is 299 g/mol. The van der Waals surface area contributed by atoms with Gasteiger partial charge in [0.2, 0.25) is 0 Å². The molecule has 0 unspecified atom stereocenters. The molecule has 1 aromatic carbocycles. The standard InChI is InChI=1S/C12H8ClFN2O2S/c1-6(17)10-5-19-12(15-10)16-11(18)7-2-3-9(14)8(13)4-7/h2-5H,1H3,(H,15,16,18). The van der Waals surface area contributed by atoms with E-state index in [1.54, 1.807) is 5.38 Å². The van der Waals surface area contributed by atoms with Crippen molar-refractivity contribution in [3.05, 3.63) is 45.7 Å². The monoisotopic (exact) mass is 298 g/mol. The van der Waals surface area contributed by atoms with E-state index in [2.05, 4.69) is 10.3 Å². The lowest BCUT2D eigenvalue weighted by Gasteiger charge is -2.02. The van der Waals surface area contributed by atoms with E-state index in [0.717, 1.165) is 17.4 Å². The molecule has 98 valence electrons. The molecule has 1 N–H and O–H groups in total. The zero-order chi connectivity index (χ0) is 14.0. The van der Waals surface area contributed by atoms with Crippen LogP contribution in [0.5, 0.6) is 0 Å². The summed E-state index contributed by atoms with van der Waals surface area (Å²) in [6.45, 7) is 1.39. The van der Waals surface area contributed by atoms with Crippen LogP contribution >= 0.6 is 22.9 Å². The molecular weight excluding hydrogens is 291 g/mol. The molecule has 1 aromatic heterocycles. The van der Waals surface area contributed by atoms with Gasteiger partial charge in [0.05, 0.1) is 5.02 Å². The number of amides is 1. The minimum Gasteiger partial charge on any atom is -0.298 e. The number of ketones is 1. The molecule has 0 aliphatic carbocycles. The minimum absolute atomic E-state index is 0.129. The Morgan fingerprint density at radius 2 is 2.16 bits per heavy atom. The van der Waals surface area contributed by atoms with E-state index in [4.69, 9.17) is 11.6 Å². The maximum absolute atomic E-state index is 13.0. The fourth-order valence-electron chi connectivity index (χ4n) is 1.30. The second kappa shape index (κ2) is 5.46. The largest absolute Gasteiger partial charge is 0.298 e. The Bertz CT molecular complexity index is 657. The van der Waals surface area contributed by atoms with Crippen LogP contribution in [-0.4, -0.2) is 16.7 Å². The SMILES string of the molecule is CC(=O)c1csc(NC(=O)c2ccc(F)c(Cl)c2)n1. The van der Waals surface area contributed by atoms with Gasteiger partial charge in [-0.15, -0.1) is 11.3 Å². The van der Waals surface area contributed by atoms with Gasteiger partial charge in [0, 0.05) is 17.9 Å². The number of carbonyl (C=O) groups excluding carboxylic acids is 2. The van der Waals surface area contributed by atoms with Crippen molar-refractivity contribution in [2.45, 2.75) is 6.92 Å². The second-order valence-corrected chi connectivity index (χ2v) is 4.94. The van der Waals surface area contributed by atoms with E-state index >= 15 is 0 Å². The molecule has 0 radical (unpaired) electrons. The molecule has 0 spiro atoms. The maximum Gasteiger partial charge on any atom is 0.257 e. The van der Waals surface area contributed by atoms with Crippen LogP contribution in [-0.2, 0) is 0 Å². The van der Waals surface area contributed by atoms with E-state index in [1.165, 1.54) is 19.1 Å². The lowest BCUT2D eigenvalue weighted by atomic mass is 10.2. The molecule has 0 atom stereocenters. The first kappa shape index (κ1) is 13.6. The number of hydrogen-bond acceptors (Lipinski definition) is 4. The molecule has 0 bridgehead atoms. The number of benzene rings is 1. The number of nitrogens with one attached hydrogen (secondary N) is 1. The highest BCUT2D eigenvalue weighted by Crippen LogP contribution is 2.19. The normalized spacial score (nSPS) is 10.3. The van der Waals surface area contributed by atoms with Gasteiger partial charge >= 0.3 is 0 Å². The summed E-state index contributed by atoms with van der Waals surface area (Å²) in [5.74, 6) is -1.24. The van der Waals surface area contributed by atoms with Crippen molar-refractivity contribution in [1.82, 2.24) is 4.98 Å². The van der Waals surface area contributed by atoms with Gasteiger partial charge in [-0.25, -0.2) is 9.37 Å². The zero-order valence-electron chi connectivity index (χ0n) is 9.74. The van der Waals surface area contributed by atoms with Crippen LogP contribution in [0.15, 0.2) is 23.6 Å². The fraction of sp³-hybridized carbons (Fsp3) is 0.0833. The lowest BCUT2D eigenvalue weighted by Crippen LogP contribution is -2.12. The van der Waals surface area contributed by atoms with Crippen LogP contribution in [0.2, 0.25) is 5.02 Å². The Hall–Kier alpha value is -1.79. The summed E-state index contributed by atoms with van der Waals surface area (Å²) < 4.78 is 13.0. The van der Waals surface area contributed by atoms with Crippen LogP contribution in [0.25, 0.3) is 0 Å². The first-order chi connectivity index (χ1) is 8.97. The van der Waals surface area contributed by atoms with Crippen molar-refractivity contribution in [3.8, 4) is 0 Å². The van der Waals surface area contributed by atoms with Gasteiger partial charge in [-0.05, 0) is 18.2 Å². The number of halogens is 2. The van der Waals surface area contributed by atoms with E-state index in [9.17, 15) is 14.0 Å². The number of hydrogen-bond donors (Lipinski definition) is 1. The Morgan fingerprint density at radius 3 is 2.74 bits per heavy atom. The van der Waals surface area contributed by atoms with Crippen molar-refractivity contribution in [3.63, 3.8) is 0 Å². The first-order valence-electron chi connectivity index (χ1n) is 5.20. The Kier molecular flexibility index (Phi) is 3.92. The van der Waals surface area contributed by atoms with Crippen molar-refractivity contribution >= 4 is 39.8 Å². The third-order valence-electron chi connectivity index (χ3n) is 2.27. The molecule has 2 rings (SSSR count). The molecule has 1 amide bonds. The topological polar surface area (TPSA) is 59.1 Å². The number of nitrogens with zero attached hydrogens (tertiary/aromatic N) is 1. The molecule has 0 aliphatic heterocycles. The van der Waals surface area contributed by atoms with Gasteiger partial charge in [-0.3, -0.25) is 14.9 Å². The number of carbonyl (C=O) groups is 2. The van der Waals surface area contributed by atoms with Gasteiger partial charge in [0.25, 0.3) is 5.91 Å². The highest BCUT2D eigenvalue weighted by Gasteiger charge is 2.12. The van der Waals surface area contributed by atoms with Crippen LogP contribution < -0.4 is 5.32 Å². The van der Waals surface area contributed by atoms with Crippen LogP contribution in [0.1, 0.15) is 27.8 Å². The van der Waals surface area contributed by atoms with E-state index < -0.39 is 11.7 Å². The Morgan fingerprint density at radius 1 is 1.42 bits per heavy atom. The molecule has 2 aromatic rings. The summed E-state index contributed by atoms with van der Waals surface area (Å²) in [4.78, 5) is 26.9. The molecule has 7 heteroatoms. The van der Waals surface area contributed by atoms with Crippen LogP contribution in [0, 0.1) is 5.82 Å². The van der Waals surface area contributed by atoms with Crippen molar-refractivity contribution in [2.75, 3.05) is 5.32 Å². The Balaban J connectivity index is 2.15. The summed E-state index contributed by atoms with van der Waals surface area (Å²) in [5.41, 5.74) is 0.503. The molecular formula is C12H8ClFN2O2S. The van der Waals surface area contributed by atoms with Crippen molar-refractivity contribution in [2.24, 2.45) is 0 Å². The average Bonchev–Trinajstić information content (AvgIpc) is 2.81.